The van der Waals surface area contributed by atoms with Gasteiger partial charge in [0.2, 0.25) is 0 Å². The molecule has 0 aliphatic rings. The number of nitrogens with zero attached hydrogens (tertiary/aromatic N) is 1. The number of hydrogen-bond acceptors (Lipinski definition) is 4. The average Bonchev–Trinajstić information content (AvgIpc) is 2.97. The van der Waals surface area contributed by atoms with Crippen LogP contribution in [0.25, 0.3) is 16.8 Å². The molecule has 0 radical (unpaired) electrons. The van der Waals surface area contributed by atoms with E-state index in [0.717, 1.165) is 47.2 Å². The van der Waals surface area contributed by atoms with Crippen molar-refractivity contribution in [1.82, 2.24) is 4.90 Å². The van der Waals surface area contributed by atoms with Gasteiger partial charge in [0.15, 0.2) is 0 Å². The number of amides is 1. The van der Waals surface area contributed by atoms with Crippen LogP contribution in [0.4, 0.5) is 5.69 Å². The van der Waals surface area contributed by atoms with Crippen LogP contribution < -0.4 is 5.32 Å². The van der Waals surface area contributed by atoms with Crippen LogP contribution in [-0.4, -0.2) is 33.5 Å². The molecule has 0 fully saturated rings. The van der Waals surface area contributed by atoms with Gasteiger partial charge in [0.25, 0.3) is 5.91 Å². The van der Waals surface area contributed by atoms with E-state index in [4.69, 9.17) is 5.11 Å². The third-order valence-corrected chi connectivity index (χ3v) is 6.30. The van der Waals surface area contributed by atoms with E-state index in [1.807, 2.05) is 70.2 Å². The highest BCUT2D eigenvalue weighted by Gasteiger charge is 2.20. The summed E-state index contributed by atoms with van der Waals surface area (Å²) in [7, 11) is 0. The van der Waals surface area contributed by atoms with Gasteiger partial charge in [0.1, 0.15) is 5.75 Å². The zero-order valence-corrected chi connectivity index (χ0v) is 24.6. The molecule has 0 heterocycles. The summed E-state index contributed by atoms with van der Waals surface area (Å²) in [6, 6.07) is 23.0. The molecule has 0 spiro atoms. The molecule has 3 N–H and O–H groups in total. The molecular formula is C35H42N2O4. The first-order chi connectivity index (χ1) is 19.6. The second-order valence-corrected chi connectivity index (χ2v) is 9.79. The number of benzene rings is 3. The van der Waals surface area contributed by atoms with Crippen molar-refractivity contribution in [2.45, 2.75) is 53.4 Å². The molecule has 0 saturated carbocycles. The minimum absolute atomic E-state index is 0.0157. The van der Waals surface area contributed by atoms with Gasteiger partial charge in [-0.25, -0.2) is 0 Å². The van der Waals surface area contributed by atoms with E-state index in [1.165, 1.54) is 6.07 Å². The van der Waals surface area contributed by atoms with Crippen molar-refractivity contribution >= 4 is 23.3 Å². The van der Waals surface area contributed by atoms with Gasteiger partial charge in [0, 0.05) is 35.5 Å². The summed E-state index contributed by atoms with van der Waals surface area (Å²) in [4.78, 5) is 24.7. The summed E-state index contributed by atoms with van der Waals surface area (Å²) in [5.41, 5.74) is 6.40. The van der Waals surface area contributed by atoms with Gasteiger partial charge in [-0.15, -0.1) is 0 Å². The number of hydrogen-bond donors (Lipinski definition) is 3. The quantitative estimate of drug-likeness (QED) is 0.154. The number of rotatable bonds is 12. The molecule has 6 heteroatoms. The summed E-state index contributed by atoms with van der Waals surface area (Å²) < 4.78 is 0. The Bertz CT molecular complexity index is 1370. The van der Waals surface area contributed by atoms with Crippen molar-refractivity contribution in [3.8, 4) is 16.9 Å². The minimum Gasteiger partial charge on any atom is -0.506 e. The Kier molecular flexibility index (Phi) is 13.1. The van der Waals surface area contributed by atoms with Gasteiger partial charge in [-0.3, -0.25) is 9.59 Å². The summed E-state index contributed by atoms with van der Waals surface area (Å²) in [6.45, 7) is 16.5. The van der Waals surface area contributed by atoms with Crippen molar-refractivity contribution in [3.05, 3.63) is 114 Å². The molecule has 0 aromatic heterocycles. The summed E-state index contributed by atoms with van der Waals surface area (Å²) in [6.07, 6.45) is 4.59. The number of aromatic hydroxyl groups is 1. The Balaban J connectivity index is 0.000000745. The van der Waals surface area contributed by atoms with E-state index in [1.54, 1.807) is 23.1 Å². The number of phenolic OH excluding ortho intramolecular Hbond substituents is 1. The van der Waals surface area contributed by atoms with Crippen LogP contribution in [0.3, 0.4) is 0 Å². The molecule has 6 nitrogen and oxygen atoms in total. The number of anilines is 1. The van der Waals surface area contributed by atoms with Crippen LogP contribution in [0.2, 0.25) is 0 Å². The molecule has 0 bridgehead atoms. The molecule has 0 unspecified atom stereocenters. The Morgan fingerprint density at radius 3 is 2.15 bits per heavy atom. The number of unbranched alkanes of at least 4 members (excludes halogenated alkanes) is 1. The van der Waals surface area contributed by atoms with Gasteiger partial charge in [-0.1, -0.05) is 93.6 Å². The zero-order valence-electron chi connectivity index (χ0n) is 24.6. The molecule has 0 aliphatic carbocycles. The summed E-state index contributed by atoms with van der Waals surface area (Å²) >= 11 is 0. The molecular weight excluding hydrogens is 512 g/mol. The number of phenols is 1. The Morgan fingerprint density at radius 2 is 1.61 bits per heavy atom. The van der Waals surface area contributed by atoms with Gasteiger partial charge < -0.3 is 20.4 Å². The molecule has 41 heavy (non-hydrogen) atoms. The van der Waals surface area contributed by atoms with Gasteiger partial charge in [0.05, 0.1) is 5.69 Å². The lowest BCUT2D eigenvalue weighted by Crippen LogP contribution is -2.31. The van der Waals surface area contributed by atoms with Crippen molar-refractivity contribution in [3.63, 3.8) is 0 Å². The number of carboxylic acids is 1. The number of nitrogens with one attached hydrogen (secondary N) is 1. The minimum atomic E-state index is -0.693. The van der Waals surface area contributed by atoms with Gasteiger partial charge >= 0.3 is 5.97 Å². The molecule has 3 aromatic rings. The molecule has 3 rings (SSSR count). The van der Waals surface area contributed by atoms with Crippen LogP contribution in [0.15, 0.2) is 103 Å². The maximum absolute atomic E-state index is 13.2. The number of carboxylic acid groups (broad SMARTS) is 1. The SMILES string of the molecule is C=CC(=C(C)C)N(CCC)C(=O)c1ccc(NC(=C)c2ccccc2-c2ccccc2)c(O)c1.CCCCC(=O)O. The van der Waals surface area contributed by atoms with Gasteiger partial charge in [-0.2, -0.15) is 0 Å². The summed E-state index contributed by atoms with van der Waals surface area (Å²) in [5.74, 6) is -0.882. The topological polar surface area (TPSA) is 89.9 Å². The highest BCUT2D eigenvalue weighted by atomic mass is 16.4. The first-order valence-corrected chi connectivity index (χ1v) is 13.9. The van der Waals surface area contributed by atoms with Crippen LogP contribution in [0.1, 0.15) is 69.3 Å². The first kappa shape index (κ1) is 32.6. The highest BCUT2D eigenvalue weighted by molar-refractivity contribution is 5.97. The van der Waals surface area contributed by atoms with E-state index in [2.05, 4.69) is 30.6 Å². The third kappa shape index (κ3) is 9.53. The number of carbonyl (C=O) groups is 2. The van der Waals surface area contributed by atoms with E-state index in [9.17, 15) is 14.7 Å². The third-order valence-electron chi connectivity index (χ3n) is 6.30. The lowest BCUT2D eigenvalue weighted by atomic mass is 9.98. The maximum Gasteiger partial charge on any atom is 0.303 e. The molecule has 0 aliphatic heterocycles. The zero-order chi connectivity index (χ0) is 30.4. The van der Waals surface area contributed by atoms with Crippen LogP contribution in [-0.2, 0) is 4.79 Å². The fourth-order valence-electron chi connectivity index (χ4n) is 4.24. The predicted molar refractivity (Wildman–Crippen MR) is 170 cm³/mol. The lowest BCUT2D eigenvalue weighted by Gasteiger charge is -2.25. The Morgan fingerprint density at radius 1 is 0.951 bits per heavy atom. The van der Waals surface area contributed by atoms with Crippen molar-refractivity contribution < 1.29 is 19.8 Å². The molecule has 216 valence electrons. The maximum atomic E-state index is 13.2. The second kappa shape index (κ2) is 16.5. The normalized spacial score (nSPS) is 10.0. The molecule has 1 amide bonds. The van der Waals surface area contributed by atoms with E-state index < -0.39 is 5.97 Å². The Hall–Kier alpha value is -4.58. The molecule has 0 saturated heterocycles. The Labute approximate surface area is 244 Å². The van der Waals surface area contributed by atoms with Crippen LogP contribution in [0.5, 0.6) is 5.75 Å². The molecule has 0 atom stereocenters. The highest BCUT2D eigenvalue weighted by Crippen LogP contribution is 2.32. The van der Waals surface area contributed by atoms with E-state index in [0.29, 0.717) is 29.9 Å². The average molecular weight is 555 g/mol. The predicted octanol–water partition coefficient (Wildman–Crippen LogP) is 8.74. The smallest absolute Gasteiger partial charge is 0.303 e. The number of allylic oxidation sites excluding steroid dienone is 2. The molecule has 3 aromatic carbocycles. The van der Waals surface area contributed by atoms with Gasteiger partial charge in [-0.05, 0) is 62.1 Å². The van der Waals surface area contributed by atoms with Crippen molar-refractivity contribution in [1.29, 1.82) is 0 Å². The van der Waals surface area contributed by atoms with E-state index >= 15 is 0 Å². The summed E-state index contributed by atoms with van der Waals surface area (Å²) in [5, 5.41) is 22.0. The number of aliphatic carboxylic acids is 1. The monoisotopic (exact) mass is 554 g/mol. The van der Waals surface area contributed by atoms with Crippen LogP contribution >= 0.6 is 0 Å². The second-order valence-electron chi connectivity index (χ2n) is 9.79. The van der Waals surface area contributed by atoms with E-state index in [-0.39, 0.29) is 11.7 Å². The lowest BCUT2D eigenvalue weighted by molar-refractivity contribution is -0.137. The van der Waals surface area contributed by atoms with Crippen molar-refractivity contribution in [2.24, 2.45) is 0 Å². The largest absolute Gasteiger partial charge is 0.506 e. The first-order valence-electron chi connectivity index (χ1n) is 13.9. The van der Waals surface area contributed by atoms with Crippen LogP contribution in [0, 0.1) is 0 Å². The fraction of sp³-hybridized carbons (Fsp3) is 0.257. The number of carbonyl (C=O) groups excluding carboxylic acids is 1. The fourth-order valence-corrected chi connectivity index (χ4v) is 4.24. The van der Waals surface area contributed by atoms with Crippen molar-refractivity contribution in [2.75, 3.05) is 11.9 Å². The standard InChI is InChI=1S/C30H32N2O2.C5H10O2/c1-6-19-32(28(7-2)21(3)4)30(34)24-17-18-27(29(33)20-24)31-22(5)25-15-11-12-16-26(25)23-13-9-8-10-14-23;1-2-3-4-5(6)7/h7-18,20,31,33H,2,5-6,19H2,1,3-4H3;2-4H2,1H3,(H,6,7).